The third-order valence-corrected chi connectivity index (χ3v) is 10.6. The fourth-order valence-electron chi connectivity index (χ4n) is 7.23. The molecular weight excluding hydrogens is 913 g/mol. The zero-order valence-corrected chi connectivity index (χ0v) is 37.0. The summed E-state index contributed by atoms with van der Waals surface area (Å²) < 4.78 is 145. The number of hydrogen-bond donors (Lipinski definition) is 2. The quantitative estimate of drug-likeness (QED) is 0.177. The van der Waals surface area contributed by atoms with Crippen molar-refractivity contribution in [1.82, 2.24) is 30.0 Å². The van der Waals surface area contributed by atoms with E-state index in [1.807, 2.05) is 49.9 Å². The van der Waals surface area contributed by atoms with Crippen molar-refractivity contribution in [2.75, 3.05) is 52.4 Å². The van der Waals surface area contributed by atoms with Gasteiger partial charge in [-0.05, 0) is 110 Å². The van der Waals surface area contributed by atoms with E-state index in [2.05, 4.69) is 82.1 Å². The number of aliphatic hydroxyl groups excluding tert-OH is 1. The van der Waals surface area contributed by atoms with Gasteiger partial charge < -0.3 is 20.1 Å². The number of benzene rings is 2. The van der Waals surface area contributed by atoms with Gasteiger partial charge in [0.05, 0.1) is 0 Å². The number of aliphatic hydroxyl groups is 1. The van der Waals surface area contributed by atoms with Crippen LogP contribution in [0.3, 0.4) is 0 Å². The Bertz CT molecular complexity index is 2170. The number of ether oxygens (including phenoxy) is 1. The van der Waals surface area contributed by atoms with E-state index in [0.717, 1.165) is 82.7 Å². The maximum absolute atomic E-state index is 12.6. The Morgan fingerprint density at radius 2 is 0.925 bits per heavy atom. The number of piperazine rings is 2. The van der Waals surface area contributed by atoms with Gasteiger partial charge in [0, 0.05) is 88.2 Å². The fraction of sp³-hybridized carbons (Fsp3) is 0.500. The van der Waals surface area contributed by atoms with Crippen LogP contribution in [0, 0.1) is 41.5 Å². The molecule has 4 heterocycles. The molecule has 0 aliphatic carbocycles. The van der Waals surface area contributed by atoms with Gasteiger partial charge in [-0.25, -0.2) is 4.79 Å². The zero-order valence-electron chi connectivity index (χ0n) is 37.0. The standard InChI is InChI=1S/C23H25F6N3O2.C19H25N3.C3H2F6O.CH4/c1-14-10-17(19-11-15(2)30-16(3)12-19)4-5-18(14)13-31-6-8-32(9-7-31)21(33)34-20(22(24,25)26)23(27,28)29;1-14-10-17(19-11-15(2)21-16(3)12-19)4-5-18(14)13-22-8-6-20-7-9-22;4-2(5,6)1(10)3(7,8)9;/h4-5,10-12,20H,6-9,13H2,1-3H3;4-5,10-12,20H,6-9,13H2,1-3H3;1,10H;1H4. The molecule has 2 aromatic carbocycles. The second kappa shape index (κ2) is 23.3. The molecule has 2 fully saturated rings. The first-order valence-electron chi connectivity index (χ1n) is 20.7. The molecule has 67 heavy (non-hydrogen) atoms. The summed E-state index contributed by atoms with van der Waals surface area (Å²) in [4.78, 5) is 26.1. The summed E-state index contributed by atoms with van der Waals surface area (Å²) in [5.74, 6) is 0. The molecular formula is C46H56F12N6O3. The van der Waals surface area contributed by atoms with E-state index in [4.69, 9.17) is 5.11 Å². The maximum atomic E-state index is 12.6. The Balaban J connectivity index is 0.000000307. The summed E-state index contributed by atoms with van der Waals surface area (Å²) in [5.41, 5.74) is 13.6. The smallest absolute Gasteiger partial charge is 0.426 e. The molecule has 0 bridgehead atoms. The van der Waals surface area contributed by atoms with E-state index in [1.165, 1.54) is 22.3 Å². The number of aromatic nitrogens is 2. The predicted molar refractivity (Wildman–Crippen MR) is 230 cm³/mol. The number of carbonyl (C=O) groups excluding carboxylic acids is 1. The van der Waals surface area contributed by atoms with Gasteiger partial charge in [0.1, 0.15) is 0 Å². The number of aryl methyl sites for hydroxylation is 6. The van der Waals surface area contributed by atoms with Crippen molar-refractivity contribution in [3.8, 4) is 22.3 Å². The van der Waals surface area contributed by atoms with Crippen molar-refractivity contribution < 1.29 is 67.3 Å². The summed E-state index contributed by atoms with van der Waals surface area (Å²) >= 11 is 0. The Morgan fingerprint density at radius 3 is 1.24 bits per heavy atom. The second-order valence-corrected chi connectivity index (χ2v) is 16.2. The lowest BCUT2D eigenvalue weighted by Crippen LogP contribution is -2.52. The van der Waals surface area contributed by atoms with Crippen LogP contribution in [0.1, 0.15) is 52.5 Å². The Morgan fingerprint density at radius 1 is 0.567 bits per heavy atom. The van der Waals surface area contributed by atoms with E-state index in [-0.39, 0.29) is 20.5 Å². The number of halogens is 12. The van der Waals surface area contributed by atoms with Crippen LogP contribution in [0.4, 0.5) is 57.5 Å². The number of rotatable bonds is 7. The highest BCUT2D eigenvalue weighted by Crippen LogP contribution is 2.36. The van der Waals surface area contributed by atoms with E-state index in [0.29, 0.717) is 19.6 Å². The van der Waals surface area contributed by atoms with Crippen molar-refractivity contribution >= 4 is 6.09 Å². The predicted octanol–water partition coefficient (Wildman–Crippen LogP) is 10.6. The van der Waals surface area contributed by atoms with Crippen LogP contribution in [-0.4, -0.2) is 125 Å². The maximum Gasteiger partial charge on any atom is 0.434 e. The summed E-state index contributed by atoms with van der Waals surface area (Å²) in [6, 6.07) is 21.2. The van der Waals surface area contributed by atoms with Gasteiger partial charge in [0.2, 0.25) is 6.10 Å². The van der Waals surface area contributed by atoms with Crippen LogP contribution in [0.15, 0.2) is 60.7 Å². The van der Waals surface area contributed by atoms with Crippen LogP contribution >= 0.6 is 0 Å². The van der Waals surface area contributed by atoms with Crippen LogP contribution in [0.5, 0.6) is 0 Å². The highest BCUT2D eigenvalue weighted by molar-refractivity contribution is 5.68. The Kier molecular flexibility index (Phi) is 19.6. The molecule has 2 aliphatic heterocycles. The zero-order chi connectivity index (χ0) is 49.4. The lowest BCUT2D eigenvalue weighted by Gasteiger charge is -2.35. The van der Waals surface area contributed by atoms with Gasteiger partial charge >= 0.3 is 30.8 Å². The molecule has 0 radical (unpaired) electrons. The average Bonchev–Trinajstić information content (AvgIpc) is 3.20. The molecule has 2 N–H and O–H groups in total. The molecule has 4 aromatic rings. The van der Waals surface area contributed by atoms with E-state index >= 15 is 0 Å². The number of nitrogens with one attached hydrogen (secondary N) is 1. The number of amides is 1. The molecule has 2 aromatic heterocycles. The molecule has 0 atom stereocenters. The van der Waals surface area contributed by atoms with Crippen LogP contribution in [0.2, 0.25) is 0 Å². The van der Waals surface area contributed by atoms with Crippen molar-refractivity contribution in [2.45, 2.75) is 99.0 Å². The Hall–Kier alpha value is -4.99. The lowest BCUT2D eigenvalue weighted by molar-refractivity contribution is -0.309. The molecule has 0 unspecified atom stereocenters. The SMILES string of the molecule is C.Cc1cc(-c2ccc(CN3CCN(C(=O)OC(C(F)(F)F)C(F)(F)F)CC3)c(C)c2)cc(C)n1.Cc1cc(-c2ccc(CN3CCNCC3)c(C)c2)cc(C)n1.OC(C(F)(F)F)C(F)(F)F. The molecule has 1 amide bonds. The topological polar surface area (TPSA) is 94.1 Å². The fourth-order valence-corrected chi connectivity index (χ4v) is 7.23. The highest BCUT2D eigenvalue weighted by Gasteiger charge is 2.60. The van der Waals surface area contributed by atoms with E-state index < -0.39 is 43.0 Å². The minimum Gasteiger partial charge on any atom is -0.426 e. The van der Waals surface area contributed by atoms with Crippen molar-refractivity contribution in [3.63, 3.8) is 0 Å². The first-order chi connectivity index (χ1) is 30.5. The summed E-state index contributed by atoms with van der Waals surface area (Å²) in [6.45, 7) is 18.8. The number of carbonyl (C=O) groups is 1. The van der Waals surface area contributed by atoms with Gasteiger partial charge in [-0.3, -0.25) is 19.8 Å². The molecule has 2 saturated heterocycles. The summed E-state index contributed by atoms with van der Waals surface area (Å²) in [7, 11) is 0. The monoisotopic (exact) mass is 968 g/mol. The van der Waals surface area contributed by atoms with Gasteiger partial charge in [0.25, 0.3) is 6.10 Å². The number of alkyl halides is 12. The average molecular weight is 969 g/mol. The third kappa shape index (κ3) is 17.2. The molecule has 6 rings (SSSR count). The molecule has 9 nitrogen and oxygen atoms in total. The minimum absolute atomic E-state index is 0. The lowest BCUT2D eigenvalue weighted by atomic mass is 9.99. The number of hydrogen-bond acceptors (Lipinski definition) is 8. The first-order valence-corrected chi connectivity index (χ1v) is 20.7. The molecule has 2 aliphatic rings. The van der Waals surface area contributed by atoms with E-state index in [1.54, 1.807) is 0 Å². The highest BCUT2D eigenvalue weighted by atomic mass is 19.4. The van der Waals surface area contributed by atoms with Crippen molar-refractivity contribution in [1.29, 1.82) is 0 Å². The minimum atomic E-state index is -5.73. The Labute approximate surface area is 382 Å². The first kappa shape index (κ1) is 56.3. The summed E-state index contributed by atoms with van der Waals surface area (Å²) in [5, 5.41) is 10.9. The van der Waals surface area contributed by atoms with Gasteiger partial charge in [-0.2, -0.15) is 52.7 Å². The molecule has 0 spiro atoms. The second-order valence-electron chi connectivity index (χ2n) is 16.2. The van der Waals surface area contributed by atoms with Crippen LogP contribution in [0.25, 0.3) is 22.3 Å². The molecule has 372 valence electrons. The van der Waals surface area contributed by atoms with Gasteiger partial charge in [-0.15, -0.1) is 0 Å². The van der Waals surface area contributed by atoms with Crippen LogP contribution in [-0.2, 0) is 17.8 Å². The normalized spacial score (nSPS) is 15.3. The van der Waals surface area contributed by atoms with Crippen LogP contribution < -0.4 is 5.32 Å². The third-order valence-electron chi connectivity index (χ3n) is 10.6. The van der Waals surface area contributed by atoms with E-state index in [9.17, 15) is 57.5 Å². The molecule has 0 saturated carbocycles. The van der Waals surface area contributed by atoms with Crippen molar-refractivity contribution in [2.24, 2.45) is 0 Å². The largest absolute Gasteiger partial charge is 0.434 e. The molecule has 21 heteroatoms. The van der Waals surface area contributed by atoms with Gasteiger partial charge in [-0.1, -0.05) is 43.8 Å². The number of nitrogens with zero attached hydrogens (tertiary/aromatic N) is 5. The summed E-state index contributed by atoms with van der Waals surface area (Å²) in [6.07, 6.45) is -32.7. The van der Waals surface area contributed by atoms with Crippen molar-refractivity contribution in [3.05, 3.63) is 106 Å². The number of pyridine rings is 2. The van der Waals surface area contributed by atoms with Gasteiger partial charge in [0.15, 0.2) is 0 Å².